The van der Waals surface area contributed by atoms with E-state index in [4.69, 9.17) is 0 Å². The van der Waals surface area contributed by atoms with E-state index < -0.39 is 0 Å². The normalized spacial score (nSPS) is 20.7. The molecule has 0 radical (unpaired) electrons. The highest BCUT2D eigenvalue weighted by atomic mass is 15.3. The van der Waals surface area contributed by atoms with Gasteiger partial charge in [0.15, 0.2) is 0 Å². The molecule has 11 heavy (non-hydrogen) atoms. The van der Waals surface area contributed by atoms with Gasteiger partial charge in [-0.15, -0.1) is 0 Å². The predicted molar refractivity (Wildman–Crippen MR) is 47.8 cm³/mol. The van der Waals surface area contributed by atoms with Crippen LogP contribution in [0.15, 0.2) is 0 Å². The molecule has 3 heteroatoms. The van der Waals surface area contributed by atoms with Crippen LogP contribution in [0.5, 0.6) is 0 Å². The molecule has 1 heterocycles. The van der Waals surface area contributed by atoms with Gasteiger partial charge in [-0.1, -0.05) is 0 Å². The SMILES string of the molecule is CNC1CN(CCN(C)C)C1. The molecule has 0 aromatic heterocycles. The van der Waals surface area contributed by atoms with Gasteiger partial charge in [0.2, 0.25) is 0 Å². The second-order valence-corrected chi connectivity index (χ2v) is 3.55. The van der Waals surface area contributed by atoms with Gasteiger partial charge in [0, 0.05) is 32.2 Å². The first-order chi connectivity index (χ1) is 5.22. The quantitative estimate of drug-likeness (QED) is 0.591. The molecule has 0 atom stereocenters. The Hall–Kier alpha value is -0.120. The number of hydrogen-bond acceptors (Lipinski definition) is 3. The molecular formula is C8H19N3. The molecule has 0 unspecified atom stereocenters. The van der Waals surface area contributed by atoms with Crippen LogP contribution < -0.4 is 5.32 Å². The minimum Gasteiger partial charge on any atom is -0.315 e. The van der Waals surface area contributed by atoms with Gasteiger partial charge in [-0.05, 0) is 21.1 Å². The molecule has 1 saturated heterocycles. The van der Waals surface area contributed by atoms with Crippen LogP contribution in [-0.2, 0) is 0 Å². The van der Waals surface area contributed by atoms with E-state index in [1.807, 2.05) is 7.05 Å². The van der Waals surface area contributed by atoms with E-state index in [1.54, 1.807) is 0 Å². The minimum atomic E-state index is 0.747. The van der Waals surface area contributed by atoms with E-state index in [0.717, 1.165) is 6.04 Å². The van der Waals surface area contributed by atoms with Gasteiger partial charge in [0.05, 0.1) is 0 Å². The molecule has 0 aromatic rings. The third kappa shape index (κ3) is 2.77. The average molecular weight is 157 g/mol. The van der Waals surface area contributed by atoms with Gasteiger partial charge in [0.25, 0.3) is 0 Å². The van der Waals surface area contributed by atoms with Crippen molar-refractivity contribution in [1.82, 2.24) is 15.1 Å². The first kappa shape index (κ1) is 8.97. The molecule has 3 nitrogen and oxygen atoms in total. The van der Waals surface area contributed by atoms with E-state index in [-0.39, 0.29) is 0 Å². The monoisotopic (exact) mass is 157 g/mol. The van der Waals surface area contributed by atoms with Crippen LogP contribution in [0.25, 0.3) is 0 Å². The molecule has 0 bridgehead atoms. The summed E-state index contributed by atoms with van der Waals surface area (Å²) >= 11 is 0. The summed E-state index contributed by atoms with van der Waals surface area (Å²) in [5, 5.41) is 3.26. The first-order valence-electron chi connectivity index (χ1n) is 4.26. The topological polar surface area (TPSA) is 18.5 Å². The van der Waals surface area contributed by atoms with Crippen LogP contribution in [0.1, 0.15) is 0 Å². The smallest absolute Gasteiger partial charge is 0.0320 e. The maximum absolute atomic E-state index is 3.26. The van der Waals surface area contributed by atoms with Gasteiger partial charge < -0.3 is 10.2 Å². The van der Waals surface area contributed by atoms with E-state index in [9.17, 15) is 0 Å². The third-order valence-corrected chi connectivity index (χ3v) is 2.23. The Balaban J connectivity index is 1.96. The molecule has 0 amide bonds. The molecule has 1 fully saturated rings. The number of likely N-dealkylation sites (tertiary alicyclic amines) is 1. The minimum absolute atomic E-state index is 0.747. The summed E-state index contributed by atoms with van der Waals surface area (Å²) in [4.78, 5) is 4.70. The highest BCUT2D eigenvalue weighted by molar-refractivity contribution is 4.84. The van der Waals surface area contributed by atoms with Gasteiger partial charge in [-0.3, -0.25) is 4.90 Å². The lowest BCUT2D eigenvalue weighted by atomic mass is 10.1. The van der Waals surface area contributed by atoms with Crippen LogP contribution in [0.3, 0.4) is 0 Å². The zero-order chi connectivity index (χ0) is 8.27. The maximum atomic E-state index is 3.26. The average Bonchev–Trinajstić information content (AvgIpc) is 1.84. The molecule has 66 valence electrons. The first-order valence-corrected chi connectivity index (χ1v) is 4.26. The second-order valence-electron chi connectivity index (χ2n) is 3.55. The van der Waals surface area contributed by atoms with Crippen molar-refractivity contribution in [3.05, 3.63) is 0 Å². The molecule has 0 spiro atoms. The summed E-state index contributed by atoms with van der Waals surface area (Å²) in [5.41, 5.74) is 0. The van der Waals surface area contributed by atoms with Crippen molar-refractivity contribution in [2.24, 2.45) is 0 Å². The number of hydrogen-bond donors (Lipinski definition) is 1. The van der Waals surface area contributed by atoms with Crippen molar-refractivity contribution < 1.29 is 0 Å². The van der Waals surface area contributed by atoms with Crippen LogP contribution in [-0.4, -0.2) is 63.2 Å². The molecule has 0 saturated carbocycles. The Kier molecular flexibility index (Phi) is 3.30. The third-order valence-electron chi connectivity index (χ3n) is 2.23. The second kappa shape index (κ2) is 4.04. The van der Waals surface area contributed by atoms with E-state index in [0.29, 0.717) is 0 Å². The predicted octanol–water partition coefficient (Wildman–Crippen LogP) is -0.548. The molecule has 1 aliphatic rings. The molecule has 1 N–H and O–H groups in total. The lowest BCUT2D eigenvalue weighted by molar-refractivity contribution is 0.121. The van der Waals surface area contributed by atoms with Crippen LogP contribution >= 0.6 is 0 Å². The summed E-state index contributed by atoms with van der Waals surface area (Å²) in [6.07, 6.45) is 0. The number of nitrogens with zero attached hydrogens (tertiary/aromatic N) is 2. The Morgan fingerprint density at radius 3 is 2.55 bits per heavy atom. The molecule has 1 aliphatic heterocycles. The highest BCUT2D eigenvalue weighted by Crippen LogP contribution is 2.05. The number of rotatable bonds is 4. The number of likely N-dealkylation sites (N-methyl/N-ethyl adjacent to an activating group) is 2. The molecule has 0 aromatic carbocycles. The summed E-state index contributed by atoms with van der Waals surface area (Å²) in [6.45, 7) is 4.84. The molecule has 0 aliphatic carbocycles. The van der Waals surface area contributed by atoms with E-state index >= 15 is 0 Å². The fourth-order valence-electron chi connectivity index (χ4n) is 1.28. The fraction of sp³-hybridized carbons (Fsp3) is 1.00. The van der Waals surface area contributed by atoms with Gasteiger partial charge in [0.1, 0.15) is 0 Å². The summed E-state index contributed by atoms with van der Waals surface area (Å²) in [7, 11) is 6.28. The van der Waals surface area contributed by atoms with Crippen molar-refractivity contribution in [2.75, 3.05) is 47.3 Å². The van der Waals surface area contributed by atoms with Crippen LogP contribution in [0.2, 0.25) is 0 Å². The number of nitrogens with one attached hydrogen (secondary N) is 1. The van der Waals surface area contributed by atoms with Gasteiger partial charge >= 0.3 is 0 Å². The van der Waals surface area contributed by atoms with Crippen molar-refractivity contribution >= 4 is 0 Å². The standard InChI is InChI=1S/C8H19N3/c1-9-8-6-11(7-8)5-4-10(2)3/h8-9H,4-7H2,1-3H3. The fourth-order valence-corrected chi connectivity index (χ4v) is 1.28. The lowest BCUT2D eigenvalue weighted by Crippen LogP contribution is -2.57. The van der Waals surface area contributed by atoms with E-state index in [1.165, 1.54) is 26.2 Å². The van der Waals surface area contributed by atoms with Crippen molar-refractivity contribution in [1.29, 1.82) is 0 Å². The maximum Gasteiger partial charge on any atom is 0.0320 e. The van der Waals surface area contributed by atoms with Crippen molar-refractivity contribution in [2.45, 2.75) is 6.04 Å². The van der Waals surface area contributed by atoms with Crippen molar-refractivity contribution in [3.63, 3.8) is 0 Å². The van der Waals surface area contributed by atoms with Crippen molar-refractivity contribution in [3.8, 4) is 0 Å². The Morgan fingerprint density at radius 1 is 1.45 bits per heavy atom. The zero-order valence-corrected chi connectivity index (χ0v) is 7.80. The largest absolute Gasteiger partial charge is 0.315 e. The summed E-state index contributed by atoms with van der Waals surface area (Å²) < 4.78 is 0. The Labute approximate surface area is 69.4 Å². The summed E-state index contributed by atoms with van der Waals surface area (Å²) in [6, 6.07) is 0.747. The Morgan fingerprint density at radius 2 is 2.09 bits per heavy atom. The van der Waals surface area contributed by atoms with Gasteiger partial charge in [-0.25, -0.2) is 0 Å². The van der Waals surface area contributed by atoms with Crippen LogP contribution in [0, 0.1) is 0 Å². The lowest BCUT2D eigenvalue weighted by Gasteiger charge is -2.39. The van der Waals surface area contributed by atoms with E-state index in [2.05, 4.69) is 29.2 Å². The van der Waals surface area contributed by atoms with Crippen LogP contribution in [0.4, 0.5) is 0 Å². The molecular weight excluding hydrogens is 138 g/mol. The highest BCUT2D eigenvalue weighted by Gasteiger charge is 2.23. The summed E-state index contributed by atoms with van der Waals surface area (Å²) in [5.74, 6) is 0. The zero-order valence-electron chi connectivity index (χ0n) is 7.80. The van der Waals surface area contributed by atoms with Gasteiger partial charge in [-0.2, -0.15) is 0 Å². The molecule has 1 rings (SSSR count). The Bertz CT molecular complexity index is 108.